The lowest BCUT2D eigenvalue weighted by Crippen LogP contribution is -2.42. The molecular formula is C32H31N3O4. The number of rotatable bonds is 11. The Morgan fingerprint density at radius 2 is 1.54 bits per heavy atom. The van der Waals surface area contributed by atoms with Gasteiger partial charge in [0.25, 0.3) is 5.91 Å². The molecule has 2 amide bonds. The minimum Gasteiger partial charge on any atom is -0.454 e. The number of fused-ring (bicyclic) bond motifs is 1. The van der Waals surface area contributed by atoms with Crippen molar-refractivity contribution < 1.29 is 19.1 Å². The van der Waals surface area contributed by atoms with E-state index in [0.29, 0.717) is 36.7 Å². The van der Waals surface area contributed by atoms with Gasteiger partial charge >= 0.3 is 0 Å². The number of carbonyl (C=O) groups is 2. The largest absolute Gasteiger partial charge is 0.454 e. The molecule has 0 N–H and O–H groups in total. The standard InChI is InChI=1S/C32H31N3O4/c1-2-17-34(32(37)27-15-16-29-30(19-27)39-24-38-29)23-31(36)35(21-26-12-7-4-8-13-26)22-28-14-9-18-33(28)20-25-10-5-3-6-11-25/h2-16,18-19H,1,17,20-24H2. The van der Waals surface area contributed by atoms with E-state index >= 15 is 0 Å². The highest BCUT2D eigenvalue weighted by atomic mass is 16.7. The molecule has 0 radical (unpaired) electrons. The van der Waals surface area contributed by atoms with Gasteiger partial charge in [-0.15, -0.1) is 6.58 Å². The second-order valence-corrected chi connectivity index (χ2v) is 9.39. The van der Waals surface area contributed by atoms with Gasteiger partial charge in [0.1, 0.15) is 6.54 Å². The van der Waals surface area contributed by atoms with Crippen LogP contribution < -0.4 is 9.47 Å². The molecule has 0 unspecified atom stereocenters. The molecule has 2 heterocycles. The Balaban J connectivity index is 1.36. The van der Waals surface area contributed by atoms with Crippen LogP contribution in [-0.2, 0) is 24.4 Å². The van der Waals surface area contributed by atoms with Crippen LogP contribution in [0.25, 0.3) is 0 Å². The van der Waals surface area contributed by atoms with Gasteiger partial charge in [0.2, 0.25) is 12.7 Å². The topological polar surface area (TPSA) is 64.0 Å². The molecule has 0 saturated heterocycles. The van der Waals surface area contributed by atoms with E-state index < -0.39 is 0 Å². The molecule has 4 aromatic rings. The molecule has 7 nitrogen and oxygen atoms in total. The van der Waals surface area contributed by atoms with Crippen molar-refractivity contribution in [2.45, 2.75) is 19.6 Å². The zero-order chi connectivity index (χ0) is 27.0. The van der Waals surface area contributed by atoms with Crippen molar-refractivity contribution in [2.24, 2.45) is 0 Å². The van der Waals surface area contributed by atoms with Gasteiger partial charge in [-0.1, -0.05) is 66.7 Å². The summed E-state index contributed by atoms with van der Waals surface area (Å²) in [7, 11) is 0. The molecule has 1 aromatic heterocycles. The number of aromatic nitrogens is 1. The summed E-state index contributed by atoms with van der Waals surface area (Å²) in [4.78, 5) is 30.5. The number of amides is 2. The average molecular weight is 522 g/mol. The smallest absolute Gasteiger partial charge is 0.254 e. The molecule has 0 bridgehead atoms. The van der Waals surface area contributed by atoms with Crippen LogP contribution in [-0.4, -0.2) is 46.1 Å². The summed E-state index contributed by atoms with van der Waals surface area (Å²) in [6, 6.07) is 29.2. The molecule has 0 spiro atoms. The fourth-order valence-corrected chi connectivity index (χ4v) is 4.61. The first-order valence-electron chi connectivity index (χ1n) is 12.9. The second-order valence-electron chi connectivity index (χ2n) is 9.39. The third-order valence-corrected chi connectivity index (χ3v) is 6.62. The van der Waals surface area contributed by atoms with E-state index in [2.05, 4.69) is 23.3 Å². The first-order valence-corrected chi connectivity index (χ1v) is 12.9. The quantitative estimate of drug-likeness (QED) is 0.257. The predicted molar refractivity (Wildman–Crippen MR) is 149 cm³/mol. The number of hydrogen-bond donors (Lipinski definition) is 0. The van der Waals surface area contributed by atoms with Crippen LogP contribution in [0.5, 0.6) is 11.5 Å². The van der Waals surface area contributed by atoms with E-state index in [9.17, 15) is 9.59 Å². The minimum absolute atomic E-state index is 0.0779. The van der Waals surface area contributed by atoms with Crippen molar-refractivity contribution in [3.05, 3.63) is 132 Å². The van der Waals surface area contributed by atoms with Crippen molar-refractivity contribution in [1.29, 1.82) is 0 Å². The third kappa shape index (κ3) is 6.38. The van der Waals surface area contributed by atoms with Crippen molar-refractivity contribution in [1.82, 2.24) is 14.4 Å². The normalized spacial score (nSPS) is 11.7. The molecule has 7 heteroatoms. The second kappa shape index (κ2) is 12.2. The molecule has 1 aliphatic rings. The van der Waals surface area contributed by atoms with Gasteiger partial charge in [-0.05, 0) is 41.5 Å². The summed E-state index contributed by atoms with van der Waals surface area (Å²) in [6.07, 6.45) is 3.66. The summed E-state index contributed by atoms with van der Waals surface area (Å²) >= 11 is 0. The van der Waals surface area contributed by atoms with Crippen LogP contribution in [0.15, 0.2) is 110 Å². The van der Waals surface area contributed by atoms with Crippen molar-refractivity contribution in [3.8, 4) is 11.5 Å². The molecule has 0 saturated carbocycles. The summed E-state index contributed by atoms with van der Waals surface area (Å²) in [5, 5.41) is 0. The van der Waals surface area contributed by atoms with Crippen molar-refractivity contribution in [3.63, 3.8) is 0 Å². The lowest BCUT2D eigenvalue weighted by molar-refractivity contribution is -0.133. The lowest BCUT2D eigenvalue weighted by atomic mass is 10.1. The van der Waals surface area contributed by atoms with Gasteiger partial charge in [-0.25, -0.2) is 0 Å². The minimum atomic E-state index is -0.270. The maximum Gasteiger partial charge on any atom is 0.254 e. The first kappa shape index (κ1) is 25.9. The Bertz CT molecular complexity index is 1430. The fraction of sp³-hybridized carbons (Fsp3) is 0.188. The van der Waals surface area contributed by atoms with Crippen LogP contribution in [0, 0.1) is 0 Å². The molecule has 0 atom stereocenters. The summed E-state index contributed by atoms with van der Waals surface area (Å²) < 4.78 is 13.0. The zero-order valence-corrected chi connectivity index (χ0v) is 21.7. The van der Waals surface area contributed by atoms with Gasteiger partial charge in [-0.2, -0.15) is 0 Å². The Kier molecular flexibility index (Phi) is 8.07. The number of nitrogens with zero attached hydrogens (tertiary/aromatic N) is 3. The van der Waals surface area contributed by atoms with Crippen LogP contribution in [0.2, 0.25) is 0 Å². The lowest BCUT2D eigenvalue weighted by Gasteiger charge is -2.28. The van der Waals surface area contributed by atoms with Crippen LogP contribution in [0.3, 0.4) is 0 Å². The van der Waals surface area contributed by atoms with E-state index in [0.717, 1.165) is 11.3 Å². The number of ether oxygens (including phenoxy) is 2. The third-order valence-electron chi connectivity index (χ3n) is 6.62. The molecule has 3 aromatic carbocycles. The molecular weight excluding hydrogens is 490 g/mol. The van der Waals surface area contributed by atoms with Crippen LogP contribution in [0.4, 0.5) is 0 Å². The number of carbonyl (C=O) groups excluding carboxylic acids is 2. The van der Waals surface area contributed by atoms with Gasteiger partial charge < -0.3 is 23.8 Å². The molecule has 198 valence electrons. The van der Waals surface area contributed by atoms with E-state index in [1.54, 1.807) is 29.2 Å². The van der Waals surface area contributed by atoms with E-state index in [1.807, 2.05) is 66.9 Å². The van der Waals surface area contributed by atoms with Crippen LogP contribution in [0.1, 0.15) is 27.2 Å². The Labute approximate surface area is 228 Å². The highest BCUT2D eigenvalue weighted by Gasteiger charge is 2.24. The zero-order valence-electron chi connectivity index (χ0n) is 21.7. The van der Waals surface area contributed by atoms with Gasteiger partial charge in [0.05, 0.1) is 6.54 Å². The Hall–Kier alpha value is -4.78. The SMILES string of the molecule is C=CCN(CC(=O)N(Cc1ccccc1)Cc1cccn1Cc1ccccc1)C(=O)c1ccc2c(c1)OCO2. The molecule has 5 rings (SSSR count). The molecule has 39 heavy (non-hydrogen) atoms. The highest BCUT2D eigenvalue weighted by Crippen LogP contribution is 2.32. The molecule has 1 aliphatic heterocycles. The predicted octanol–water partition coefficient (Wildman–Crippen LogP) is 5.12. The highest BCUT2D eigenvalue weighted by molar-refractivity contribution is 5.97. The number of benzene rings is 3. The van der Waals surface area contributed by atoms with E-state index in [1.165, 1.54) is 10.5 Å². The maximum absolute atomic E-state index is 13.8. The number of hydrogen-bond acceptors (Lipinski definition) is 4. The van der Waals surface area contributed by atoms with Gasteiger partial charge in [0.15, 0.2) is 11.5 Å². The van der Waals surface area contributed by atoms with Gasteiger partial charge in [-0.3, -0.25) is 9.59 Å². The van der Waals surface area contributed by atoms with Gasteiger partial charge in [0, 0.05) is 37.1 Å². The van der Waals surface area contributed by atoms with Crippen LogP contribution >= 0.6 is 0 Å². The fourth-order valence-electron chi connectivity index (χ4n) is 4.61. The Morgan fingerprint density at radius 3 is 2.28 bits per heavy atom. The first-order chi connectivity index (χ1) is 19.1. The van der Waals surface area contributed by atoms with E-state index in [-0.39, 0.29) is 31.7 Å². The molecule has 0 aliphatic carbocycles. The summed E-state index contributed by atoms with van der Waals surface area (Å²) in [6.45, 7) is 5.64. The van der Waals surface area contributed by atoms with Crippen molar-refractivity contribution in [2.75, 3.05) is 19.9 Å². The monoisotopic (exact) mass is 521 g/mol. The average Bonchev–Trinajstić information content (AvgIpc) is 3.62. The molecule has 0 fully saturated rings. The summed E-state index contributed by atoms with van der Waals surface area (Å²) in [5.74, 6) is 0.706. The van der Waals surface area contributed by atoms with E-state index in [4.69, 9.17) is 9.47 Å². The Morgan fingerprint density at radius 1 is 0.821 bits per heavy atom. The maximum atomic E-state index is 13.8. The van der Waals surface area contributed by atoms with Crippen molar-refractivity contribution >= 4 is 11.8 Å². The summed E-state index contributed by atoms with van der Waals surface area (Å²) in [5.41, 5.74) is 3.65.